The zero-order valence-corrected chi connectivity index (χ0v) is 10.6. The van der Waals surface area contributed by atoms with Crippen LogP contribution in [-0.4, -0.2) is 12.6 Å². The van der Waals surface area contributed by atoms with Gasteiger partial charge in [-0.1, -0.05) is 46.5 Å². The van der Waals surface area contributed by atoms with Crippen molar-refractivity contribution < 1.29 is 9.53 Å². The molecule has 0 saturated carbocycles. The third-order valence-electron chi connectivity index (χ3n) is 2.56. The molecule has 0 aromatic rings. The maximum atomic E-state index is 11.2. The summed E-state index contributed by atoms with van der Waals surface area (Å²) in [5.74, 6) is 0.487. The van der Waals surface area contributed by atoms with Crippen LogP contribution in [0.15, 0.2) is 0 Å². The standard InChI is InChI=1S/C13H26O2/c1-4-6-8-9-12(3)11-15-13(14)10-7-5-2/h12H,4-11H2,1-3H3. The normalized spacial score (nSPS) is 12.5. The van der Waals surface area contributed by atoms with Crippen molar-refractivity contribution >= 4 is 5.97 Å². The second kappa shape index (κ2) is 10.0. The quantitative estimate of drug-likeness (QED) is 0.429. The molecule has 0 radical (unpaired) electrons. The van der Waals surface area contributed by atoms with Crippen LogP contribution in [0.2, 0.25) is 0 Å². The molecule has 0 fully saturated rings. The van der Waals surface area contributed by atoms with E-state index in [9.17, 15) is 4.79 Å². The Labute approximate surface area is 94.4 Å². The monoisotopic (exact) mass is 214 g/mol. The van der Waals surface area contributed by atoms with E-state index in [4.69, 9.17) is 4.74 Å². The lowest BCUT2D eigenvalue weighted by Gasteiger charge is -2.11. The molecule has 0 rings (SSSR count). The fraction of sp³-hybridized carbons (Fsp3) is 0.923. The minimum absolute atomic E-state index is 0.0285. The Hall–Kier alpha value is -0.530. The summed E-state index contributed by atoms with van der Waals surface area (Å²) < 4.78 is 5.20. The average molecular weight is 214 g/mol. The number of unbranched alkanes of at least 4 members (excludes halogenated alkanes) is 3. The molecule has 0 aliphatic heterocycles. The molecule has 15 heavy (non-hydrogen) atoms. The van der Waals surface area contributed by atoms with Crippen LogP contribution < -0.4 is 0 Å². The van der Waals surface area contributed by atoms with Gasteiger partial charge in [0.1, 0.15) is 0 Å². The van der Waals surface area contributed by atoms with Gasteiger partial charge in [0.15, 0.2) is 0 Å². The van der Waals surface area contributed by atoms with Gasteiger partial charge in [-0.15, -0.1) is 0 Å². The Morgan fingerprint density at radius 2 is 1.80 bits per heavy atom. The largest absolute Gasteiger partial charge is 0.465 e. The van der Waals surface area contributed by atoms with E-state index in [1.807, 2.05) is 0 Å². The number of carbonyl (C=O) groups is 1. The molecule has 0 saturated heterocycles. The molecule has 0 aliphatic rings. The molecule has 2 heteroatoms. The lowest BCUT2D eigenvalue weighted by molar-refractivity contribution is -0.145. The third kappa shape index (κ3) is 9.77. The highest BCUT2D eigenvalue weighted by molar-refractivity contribution is 5.69. The molecule has 1 unspecified atom stereocenters. The van der Waals surface area contributed by atoms with E-state index in [1.54, 1.807) is 0 Å². The van der Waals surface area contributed by atoms with Crippen molar-refractivity contribution in [2.45, 2.75) is 65.7 Å². The maximum absolute atomic E-state index is 11.2. The highest BCUT2D eigenvalue weighted by Gasteiger charge is 2.06. The predicted octanol–water partition coefficient (Wildman–Crippen LogP) is 3.94. The van der Waals surface area contributed by atoms with Crippen LogP contribution in [0, 0.1) is 5.92 Å². The van der Waals surface area contributed by atoms with Crippen molar-refractivity contribution in [3.8, 4) is 0 Å². The first-order valence-electron chi connectivity index (χ1n) is 6.36. The first-order chi connectivity index (χ1) is 7.20. The number of ether oxygens (including phenoxy) is 1. The molecule has 2 nitrogen and oxygen atoms in total. The lowest BCUT2D eigenvalue weighted by Crippen LogP contribution is -2.11. The molecule has 0 aliphatic carbocycles. The van der Waals surface area contributed by atoms with E-state index in [0.717, 1.165) is 12.8 Å². The topological polar surface area (TPSA) is 26.3 Å². The summed E-state index contributed by atoms with van der Waals surface area (Å²) in [6.07, 6.45) is 7.55. The Morgan fingerprint density at radius 1 is 1.13 bits per heavy atom. The summed E-state index contributed by atoms with van der Waals surface area (Å²) >= 11 is 0. The van der Waals surface area contributed by atoms with Crippen molar-refractivity contribution in [2.75, 3.05) is 6.61 Å². The second-order valence-corrected chi connectivity index (χ2v) is 4.39. The van der Waals surface area contributed by atoms with E-state index >= 15 is 0 Å². The molecule has 0 bridgehead atoms. The van der Waals surface area contributed by atoms with Gasteiger partial charge >= 0.3 is 5.97 Å². The second-order valence-electron chi connectivity index (χ2n) is 4.39. The third-order valence-corrected chi connectivity index (χ3v) is 2.56. The zero-order valence-electron chi connectivity index (χ0n) is 10.6. The van der Waals surface area contributed by atoms with Crippen molar-refractivity contribution in [1.82, 2.24) is 0 Å². The van der Waals surface area contributed by atoms with Gasteiger partial charge in [0.05, 0.1) is 6.61 Å². The van der Waals surface area contributed by atoms with Crippen LogP contribution in [0.3, 0.4) is 0 Å². The minimum Gasteiger partial charge on any atom is -0.465 e. The molecular weight excluding hydrogens is 188 g/mol. The number of rotatable bonds is 9. The molecule has 0 amide bonds. The van der Waals surface area contributed by atoms with Gasteiger partial charge in [0, 0.05) is 6.42 Å². The molecule has 0 aromatic carbocycles. The molecule has 0 N–H and O–H groups in total. The Kier molecular flexibility index (Phi) is 9.65. The van der Waals surface area contributed by atoms with Gasteiger partial charge in [-0.2, -0.15) is 0 Å². The maximum Gasteiger partial charge on any atom is 0.305 e. The highest BCUT2D eigenvalue weighted by Crippen LogP contribution is 2.10. The van der Waals surface area contributed by atoms with Gasteiger partial charge in [-0.3, -0.25) is 4.79 Å². The smallest absolute Gasteiger partial charge is 0.305 e. The zero-order chi connectivity index (χ0) is 11.5. The van der Waals surface area contributed by atoms with Gasteiger partial charge in [-0.05, 0) is 18.8 Å². The van der Waals surface area contributed by atoms with Gasteiger partial charge in [0.25, 0.3) is 0 Å². The summed E-state index contributed by atoms with van der Waals surface area (Å²) in [6, 6.07) is 0. The molecule has 1 atom stereocenters. The summed E-state index contributed by atoms with van der Waals surface area (Å²) in [5.41, 5.74) is 0. The van der Waals surface area contributed by atoms with E-state index in [-0.39, 0.29) is 5.97 Å². The number of carbonyl (C=O) groups excluding carboxylic acids is 1. The molecular formula is C13H26O2. The number of hydrogen-bond acceptors (Lipinski definition) is 2. The van der Waals surface area contributed by atoms with Crippen LogP contribution in [0.25, 0.3) is 0 Å². The Bertz CT molecular complexity index is 155. The fourth-order valence-electron chi connectivity index (χ4n) is 1.45. The summed E-state index contributed by atoms with van der Waals surface area (Å²) in [6.45, 7) is 7.05. The van der Waals surface area contributed by atoms with Crippen molar-refractivity contribution in [3.63, 3.8) is 0 Å². The number of esters is 1. The Morgan fingerprint density at radius 3 is 2.40 bits per heavy atom. The van der Waals surface area contributed by atoms with Gasteiger partial charge in [-0.25, -0.2) is 0 Å². The van der Waals surface area contributed by atoms with Crippen LogP contribution in [-0.2, 0) is 9.53 Å². The first kappa shape index (κ1) is 14.5. The summed E-state index contributed by atoms with van der Waals surface area (Å²) in [4.78, 5) is 11.2. The predicted molar refractivity (Wildman–Crippen MR) is 63.8 cm³/mol. The Balaban J connectivity index is 3.36. The average Bonchev–Trinajstić information content (AvgIpc) is 2.24. The van der Waals surface area contributed by atoms with Crippen LogP contribution in [0.1, 0.15) is 65.7 Å². The van der Waals surface area contributed by atoms with Gasteiger partial charge < -0.3 is 4.74 Å². The molecule has 0 aromatic heterocycles. The molecule has 90 valence electrons. The molecule has 0 heterocycles. The van der Waals surface area contributed by atoms with Crippen molar-refractivity contribution in [1.29, 1.82) is 0 Å². The van der Waals surface area contributed by atoms with E-state index in [0.29, 0.717) is 18.9 Å². The highest BCUT2D eigenvalue weighted by atomic mass is 16.5. The number of hydrogen-bond donors (Lipinski definition) is 0. The van der Waals surface area contributed by atoms with E-state index in [1.165, 1.54) is 25.7 Å². The summed E-state index contributed by atoms with van der Waals surface area (Å²) in [5, 5.41) is 0. The minimum atomic E-state index is -0.0285. The van der Waals surface area contributed by atoms with Crippen molar-refractivity contribution in [2.24, 2.45) is 5.92 Å². The van der Waals surface area contributed by atoms with E-state index < -0.39 is 0 Å². The van der Waals surface area contributed by atoms with Crippen LogP contribution in [0.4, 0.5) is 0 Å². The van der Waals surface area contributed by atoms with Crippen molar-refractivity contribution in [3.05, 3.63) is 0 Å². The van der Waals surface area contributed by atoms with Crippen LogP contribution >= 0.6 is 0 Å². The van der Waals surface area contributed by atoms with Crippen LogP contribution in [0.5, 0.6) is 0 Å². The van der Waals surface area contributed by atoms with E-state index in [2.05, 4.69) is 20.8 Å². The lowest BCUT2D eigenvalue weighted by atomic mass is 10.0. The molecule has 0 spiro atoms. The fourth-order valence-corrected chi connectivity index (χ4v) is 1.45. The first-order valence-corrected chi connectivity index (χ1v) is 6.36. The van der Waals surface area contributed by atoms with Gasteiger partial charge in [0.2, 0.25) is 0 Å². The SMILES string of the molecule is CCCCCC(C)COC(=O)CCCC. The summed E-state index contributed by atoms with van der Waals surface area (Å²) in [7, 11) is 0.